The molecule has 3 nitrogen and oxygen atoms in total. The summed E-state index contributed by atoms with van der Waals surface area (Å²) >= 11 is 0. The summed E-state index contributed by atoms with van der Waals surface area (Å²) in [5.41, 5.74) is 8.08. The van der Waals surface area contributed by atoms with Gasteiger partial charge >= 0.3 is 0 Å². The van der Waals surface area contributed by atoms with Crippen LogP contribution in [0.2, 0.25) is 0 Å². The van der Waals surface area contributed by atoms with Crippen molar-refractivity contribution in [2.75, 3.05) is 0 Å². The van der Waals surface area contributed by atoms with Gasteiger partial charge in [0.25, 0.3) is 0 Å². The lowest BCUT2D eigenvalue weighted by atomic mass is 9.95. The number of aromatic nitrogens is 2. The van der Waals surface area contributed by atoms with Crippen LogP contribution >= 0.6 is 0 Å². The van der Waals surface area contributed by atoms with E-state index in [-0.39, 0.29) is 0 Å². The molecule has 0 unspecified atom stereocenters. The molecule has 0 aliphatic rings. The predicted molar refractivity (Wildman–Crippen MR) is 116 cm³/mol. The van der Waals surface area contributed by atoms with Crippen molar-refractivity contribution in [3.05, 3.63) is 77.3 Å². The number of nitrogens with zero attached hydrogens (tertiary/aromatic N) is 3. The first-order valence-corrected chi connectivity index (χ1v) is 9.48. The van der Waals surface area contributed by atoms with Crippen molar-refractivity contribution < 1.29 is 4.57 Å². The fourth-order valence-electron chi connectivity index (χ4n) is 5.04. The van der Waals surface area contributed by atoms with Gasteiger partial charge < -0.3 is 4.40 Å². The lowest BCUT2D eigenvalue weighted by molar-refractivity contribution is -0.644. The SMILES string of the molecule is [C-]#[N+]c1ccc2c3cc[n+](C)c4c5c(C)cc(C)c6cccc(c65)n(c2c1)c34. The van der Waals surface area contributed by atoms with Crippen molar-refractivity contribution in [2.45, 2.75) is 13.8 Å². The Morgan fingerprint density at radius 1 is 0.857 bits per heavy atom. The number of benzene rings is 3. The van der Waals surface area contributed by atoms with Crippen molar-refractivity contribution in [2.24, 2.45) is 7.05 Å². The van der Waals surface area contributed by atoms with Crippen molar-refractivity contribution in [3.63, 3.8) is 0 Å². The molecule has 28 heavy (non-hydrogen) atoms. The van der Waals surface area contributed by atoms with Gasteiger partial charge in [-0.05, 0) is 42.5 Å². The summed E-state index contributed by atoms with van der Waals surface area (Å²) in [4.78, 5) is 3.68. The lowest BCUT2D eigenvalue weighted by Gasteiger charge is -2.14. The van der Waals surface area contributed by atoms with Crippen molar-refractivity contribution >= 4 is 54.7 Å². The van der Waals surface area contributed by atoms with Crippen LogP contribution in [0.15, 0.2) is 54.7 Å². The van der Waals surface area contributed by atoms with Gasteiger partial charge in [0.2, 0.25) is 5.52 Å². The molecular formula is C25H18N3+. The Balaban J connectivity index is 2.12. The second-order valence-electron chi connectivity index (χ2n) is 7.77. The molecule has 0 aliphatic heterocycles. The predicted octanol–water partition coefficient (Wildman–Crippen LogP) is 5.98. The minimum atomic E-state index is 0.677. The number of rotatable bonds is 0. The molecule has 3 heterocycles. The van der Waals surface area contributed by atoms with E-state index in [2.05, 4.69) is 77.3 Å². The van der Waals surface area contributed by atoms with Gasteiger partial charge in [-0.2, -0.15) is 4.57 Å². The highest BCUT2D eigenvalue weighted by atomic mass is 15.0. The Bertz CT molecular complexity index is 1640. The molecule has 0 aliphatic carbocycles. The Morgan fingerprint density at radius 2 is 1.71 bits per heavy atom. The Kier molecular flexibility index (Phi) is 2.75. The molecule has 3 heteroatoms. The molecule has 0 atom stereocenters. The van der Waals surface area contributed by atoms with Gasteiger partial charge in [-0.25, -0.2) is 4.85 Å². The molecule has 0 fully saturated rings. The van der Waals surface area contributed by atoms with Gasteiger partial charge in [-0.15, -0.1) is 0 Å². The van der Waals surface area contributed by atoms with E-state index in [1.165, 1.54) is 54.6 Å². The second-order valence-corrected chi connectivity index (χ2v) is 7.77. The minimum absolute atomic E-state index is 0.677. The van der Waals surface area contributed by atoms with E-state index in [4.69, 9.17) is 6.57 Å². The maximum Gasteiger partial charge on any atom is 0.238 e. The van der Waals surface area contributed by atoms with E-state index in [0.717, 1.165) is 5.52 Å². The first-order valence-electron chi connectivity index (χ1n) is 9.48. The molecule has 0 saturated carbocycles. The molecular weight excluding hydrogens is 342 g/mol. The van der Waals surface area contributed by atoms with Gasteiger partial charge in [-0.3, -0.25) is 0 Å². The van der Waals surface area contributed by atoms with Gasteiger partial charge in [0.15, 0.2) is 11.9 Å². The topological polar surface area (TPSA) is 12.7 Å². The summed E-state index contributed by atoms with van der Waals surface area (Å²) in [7, 11) is 2.13. The maximum absolute atomic E-state index is 7.47. The summed E-state index contributed by atoms with van der Waals surface area (Å²) < 4.78 is 4.60. The second kappa shape index (κ2) is 4.99. The minimum Gasteiger partial charge on any atom is -0.304 e. The normalized spacial score (nSPS) is 12.1. The van der Waals surface area contributed by atoms with Crippen LogP contribution in [-0.2, 0) is 7.05 Å². The number of pyridine rings is 2. The summed E-state index contributed by atoms with van der Waals surface area (Å²) in [6.07, 6.45) is 2.16. The highest BCUT2D eigenvalue weighted by Crippen LogP contribution is 2.41. The first kappa shape index (κ1) is 15.4. The highest BCUT2D eigenvalue weighted by Gasteiger charge is 2.24. The van der Waals surface area contributed by atoms with Crippen LogP contribution in [0, 0.1) is 20.4 Å². The summed E-state index contributed by atoms with van der Waals surface area (Å²) in [5, 5.41) is 6.36. The van der Waals surface area contributed by atoms with Crippen molar-refractivity contribution in [3.8, 4) is 0 Å². The third kappa shape index (κ3) is 1.66. The number of hydrogen-bond acceptors (Lipinski definition) is 0. The Morgan fingerprint density at radius 3 is 2.54 bits per heavy atom. The van der Waals surface area contributed by atoms with Crippen LogP contribution in [0.4, 0.5) is 5.69 Å². The fourth-order valence-corrected chi connectivity index (χ4v) is 5.04. The molecule has 0 N–H and O–H groups in total. The van der Waals surface area contributed by atoms with Crippen LogP contribution < -0.4 is 4.57 Å². The van der Waals surface area contributed by atoms with E-state index in [0.29, 0.717) is 5.69 Å². The number of hydrogen-bond donors (Lipinski definition) is 0. The van der Waals surface area contributed by atoms with E-state index in [1.807, 2.05) is 12.1 Å². The fraction of sp³-hybridized carbons (Fsp3) is 0.120. The van der Waals surface area contributed by atoms with Crippen LogP contribution in [-0.4, -0.2) is 4.40 Å². The zero-order valence-corrected chi connectivity index (χ0v) is 16.0. The van der Waals surface area contributed by atoms with Crippen LogP contribution in [0.25, 0.3) is 53.8 Å². The standard InChI is InChI=1S/C25H18N3/c1-14-12-15(2)22-23-17(14)6-5-7-20(23)28-21-13-16(26-3)8-9-18(21)19-10-11-27(4)25(22)24(19)28/h5-13H,1-2,4H3/q+1. The van der Waals surface area contributed by atoms with Crippen LogP contribution in [0.5, 0.6) is 0 Å². The molecule has 0 saturated heterocycles. The summed E-state index contributed by atoms with van der Waals surface area (Å²) in [5.74, 6) is 0. The summed E-state index contributed by atoms with van der Waals surface area (Å²) in [6, 6.07) is 17.1. The first-order chi connectivity index (χ1) is 13.6. The van der Waals surface area contributed by atoms with Crippen molar-refractivity contribution in [1.29, 1.82) is 0 Å². The third-order valence-electron chi connectivity index (χ3n) is 6.18. The van der Waals surface area contributed by atoms with Gasteiger partial charge in [-0.1, -0.05) is 30.3 Å². The number of aryl methyl sites for hydroxylation is 3. The molecule has 3 aromatic carbocycles. The highest BCUT2D eigenvalue weighted by molar-refractivity contribution is 6.26. The molecule has 0 bridgehead atoms. The monoisotopic (exact) mass is 360 g/mol. The zero-order valence-electron chi connectivity index (χ0n) is 16.0. The van der Waals surface area contributed by atoms with E-state index >= 15 is 0 Å². The molecule has 6 rings (SSSR count). The third-order valence-corrected chi connectivity index (χ3v) is 6.18. The molecule has 6 aromatic rings. The van der Waals surface area contributed by atoms with E-state index < -0.39 is 0 Å². The molecule has 0 amide bonds. The quantitative estimate of drug-likeness (QED) is 0.137. The average molecular weight is 360 g/mol. The van der Waals surface area contributed by atoms with Gasteiger partial charge in [0.1, 0.15) is 12.6 Å². The largest absolute Gasteiger partial charge is 0.304 e. The zero-order chi connectivity index (χ0) is 19.2. The van der Waals surface area contributed by atoms with E-state index in [1.54, 1.807) is 0 Å². The number of fused-ring (bicyclic) bond motifs is 5. The maximum atomic E-state index is 7.47. The molecule has 3 aromatic heterocycles. The van der Waals surface area contributed by atoms with Gasteiger partial charge in [0, 0.05) is 27.7 Å². The Hall–Kier alpha value is -3.64. The van der Waals surface area contributed by atoms with Crippen LogP contribution in [0.1, 0.15) is 11.1 Å². The Labute approximate surface area is 162 Å². The average Bonchev–Trinajstić information content (AvgIpc) is 3.03. The van der Waals surface area contributed by atoms with Crippen LogP contribution in [0.3, 0.4) is 0 Å². The van der Waals surface area contributed by atoms with Crippen molar-refractivity contribution in [1.82, 2.24) is 4.40 Å². The summed E-state index contributed by atoms with van der Waals surface area (Å²) in [6.45, 7) is 11.9. The molecule has 0 radical (unpaired) electrons. The molecule has 0 spiro atoms. The van der Waals surface area contributed by atoms with E-state index in [9.17, 15) is 0 Å². The van der Waals surface area contributed by atoms with Gasteiger partial charge in [0.05, 0.1) is 17.5 Å². The molecule has 132 valence electrons. The smallest absolute Gasteiger partial charge is 0.238 e. The lowest BCUT2D eigenvalue weighted by Crippen LogP contribution is -2.29.